The zero-order chi connectivity index (χ0) is 34.5. The quantitative estimate of drug-likeness (QED) is 0.0995. The zero-order valence-corrected chi connectivity index (χ0v) is 30.8. The van der Waals surface area contributed by atoms with Crippen LogP contribution in [0.3, 0.4) is 0 Å². The lowest BCUT2D eigenvalue weighted by atomic mass is 9.93. The molecule has 0 heterocycles. The number of nitrogens with two attached hydrogens (primary N) is 1. The second-order valence-electron chi connectivity index (χ2n) is 13.3. The van der Waals surface area contributed by atoms with Crippen molar-refractivity contribution in [2.45, 2.75) is 84.5 Å². The summed E-state index contributed by atoms with van der Waals surface area (Å²) in [6, 6.07) is 15.4. The van der Waals surface area contributed by atoms with Crippen molar-refractivity contribution in [1.29, 1.82) is 0 Å². The first-order valence-electron chi connectivity index (χ1n) is 17.1. The number of ether oxygens (including phenoxy) is 4. The molecule has 3 N–H and O–H groups in total. The zero-order valence-electron chi connectivity index (χ0n) is 29.8. The second-order valence-corrected chi connectivity index (χ2v) is 18.1. The van der Waals surface area contributed by atoms with E-state index < -0.39 is 8.32 Å². The molecular weight excluding hydrogens is 613 g/mol. The van der Waals surface area contributed by atoms with Crippen molar-refractivity contribution >= 4 is 20.0 Å². The fraction of sp³-hybridized carbons (Fsp3) is 0.622. The second kappa shape index (κ2) is 22.2. The van der Waals surface area contributed by atoms with Crippen LogP contribution in [0.2, 0.25) is 18.1 Å². The van der Waals surface area contributed by atoms with Crippen LogP contribution in [0.15, 0.2) is 42.5 Å². The molecule has 0 saturated heterocycles. The van der Waals surface area contributed by atoms with Crippen molar-refractivity contribution < 1.29 is 33.0 Å². The van der Waals surface area contributed by atoms with E-state index in [1.54, 1.807) is 0 Å². The minimum atomic E-state index is -1.80. The molecule has 2 rings (SSSR count). The van der Waals surface area contributed by atoms with E-state index in [1.807, 2.05) is 0 Å². The molecule has 0 unspecified atom stereocenters. The van der Waals surface area contributed by atoms with E-state index in [1.165, 1.54) is 27.8 Å². The fourth-order valence-corrected chi connectivity index (χ4v) is 5.45. The molecule has 0 bridgehead atoms. The third-order valence-electron chi connectivity index (χ3n) is 8.44. The summed E-state index contributed by atoms with van der Waals surface area (Å²) in [6.07, 6.45) is 3.70. The topological polar surface area (TPSA) is 118 Å². The standard InChI is InChI=1S/C37H60N2O7Si/c1-7-30-14-17-35(32-15-12-31(13-16-32)27-46-47(5,6)37(2,3)4)33(26-30)10-8-19-39-36(41)29-45-25-22-42-20-9-11-34(40)28-44-24-23-43-21-18-38/h12-17,26H,7-11,18-25,27-29,38H2,1-6H3,(H,39,41). The molecule has 0 radical (unpaired) electrons. The smallest absolute Gasteiger partial charge is 0.245 e. The monoisotopic (exact) mass is 672 g/mol. The molecule has 0 saturated carbocycles. The van der Waals surface area contributed by atoms with Gasteiger partial charge in [0.05, 0.1) is 39.6 Å². The highest BCUT2D eigenvalue weighted by molar-refractivity contribution is 6.74. The molecule has 2 aromatic rings. The van der Waals surface area contributed by atoms with Gasteiger partial charge in [0.2, 0.25) is 5.91 Å². The van der Waals surface area contributed by atoms with E-state index in [-0.39, 0.29) is 29.9 Å². The van der Waals surface area contributed by atoms with Crippen LogP contribution >= 0.6 is 0 Å². The summed E-state index contributed by atoms with van der Waals surface area (Å²) < 4.78 is 27.8. The van der Waals surface area contributed by atoms with Crippen LogP contribution in [-0.4, -0.2) is 86.0 Å². The summed E-state index contributed by atoms with van der Waals surface area (Å²) in [5, 5.41) is 3.15. The summed E-state index contributed by atoms with van der Waals surface area (Å²) in [4.78, 5) is 24.1. The molecular formula is C37H60N2O7Si. The van der Waals surface area contributed by atoms with Crippen LogP contribution in [0, 0.1) is 0 Å². The van der Waals surface area contributed by atoms with Crippen molar-refractivity contribution in [3.8, 4) is 11.1 Å². The Bertz CT molecular complexity index is 1180. The first-order chi connectivity index (χ1) is 22.5. The summed E-state index contributed by atoms with van der Waals surface area (Å²) >= 11 is 0. The van der Waals surface area contributed by atoms with Crippen LogP contribution in [0.5, 0.6) is 0 Å². The summed E-state index contributed by atoms with van der Waals surface area (Å²) in [5.41, 5.74) is 11.6. The minimum Gasteiger partial charge on any atom is -0.413 e. The largest absolute Gasteiger partial charge is 0.413 e. The molecule has 1 amide bonds. The molecule has 0 aliphatic heterocycles. The van der Waals surface area contributed by atoms with Gasteiger partial charge in [-0.25, -0.2) is 0 Å². The van der Waals surface area contributed by atoms with Gasteiger partial charge in [-0.3, -0.25) is 9.59 Å². The third-order valence-corrected chi connectivity index (χ3v) is 12.9. The highest BCUT2D eigenvalue weighted by atomic mass is 28.4. The van der Waals surface area contributed by atoms with E-state index in [9.17, 15) is 9.59 Å². The lowest BCUT2D eigenvalue weighted by Crippen LogP contribution is -2.40. The molecule has 47 heavy (non-hydrogen) atoms. The van der Waals surface area contributed by atoms with Gasteiger partial charge in [0, 0.05) is 26.1 Å². The number of ketones is 1. The lowest BCUT2D eigenvalue weighted by Gasteiger charge is -2.36. The average molecular weight is 673 g/mol. The number of amides is 1. The average Bonchev–Trinajstić information content (AvgIpc) is 3.04. The normalized spacial score (nSPS) is 12.0. The molecule has 0 spiro atoms. The number of rotatable bonds is 25. The van der Waals surface area contributed by atoms with Gasteiger partial charge >= 0.3 is 0 Å². The van der Waals surface area contributed by atoms with Crippen molar-refractivity contribution in [2.24, 2.45) is 5.73 Å². The number of hydrogen-bond acceptors (Lipinski definition) is 8. The van der Waals surface area contributed by atoms with E-state index in [2.05, 4.69) is 88.6 Å². The number of benzene rings is 2. The summed E-state index contributed by atoms with van der Waals surface area (Å²) in [6.45, 7) is 17.8. The number of hydrogen-bond donors (Lipinski definition) is 2. The van der Waals surface area contributed by atoms with Crippen LogP contribution in [0.25, 0.3) is 11.1 Å². The first kappa shape index (κ1) is 40.7. The Kier molecular flexibility index (Phi) is 19.3. The van der Waals surface area contributed by atoms with Crippen LogP contribution in [0.1, 0.15) is 63.6 Å². The van der Waals surface area contributed by atoms with Gasteiger partial charge in [-0.15, -0.1) is 0 Å². The Morgan fingerprint density at radius 2 is 1.45 bits per heavy atom. The molecule has 0 aliphatic rings. The van der Waals surface area contributed by atoms with Gasteiger partial charge in [-0.2, -0.15) is 0 Å². The molecule has 2 aromatic carbocycles. The molecule has 264 valence electrons. The van der Waals surface area contributed by atoms with E-state index in [0.717, 1.165) is 19.3 Å². The highest BCUT2D eigenvalue weighted by Gasteiger charge is 2.37. The lowest BCUT2D eigenvalue weighted by molar-refractivity contribution is -0.126. The Hall–Kier alpha value is -2.44. The number of Topliss-reactive ketones (excluding diaryl/α,β-unsaturated/α-hetero) is 1. The summed E-state index contributed by atoms with van der Waals surface area (Å²) in [7, 11) is -1.80. The predicted molar refractivity (Wildman–Crippen MR) is 191 cm³/mol. The Labute approximate surface area is 284 Å². The maximum absolute atomic E-state index is 12.3. The van der Waals surface area contributed by atoms with Gasteiger partial charge in [-0.05, 0) is 71.6 Å². The fourth-order valence-electron chi connectivity index (χ4n) is 4.49. The first-order valence-corrected chi connectivity index (χ1v) is 20.0. The molecule has 0 aromatic heterocycles. The molecule has 0 aliphatic carbocycles. The summed E-state index contributed by atoms with van der Waals surface area (Å²) in [5.74, 6) is -0.103. The molecule has 9 nitrogen and oxygen atoms in total. The SMILES string of the molecule is CCc1ccc(-c2ccc(CO[Si](C)(C)C(C)(C)C)cc2)c(CCCNC(=O)COCCOCCCC(=O)COCCOCCN)c1. The maximum Gasteiger partial charge on any atom is 0.245 e. The number of nitrogens with one attached hydrogen (secondary N) is 1. The predicted octanol–water partition coefficient (Wildman–Crippen LogP) is 5.86. The minimum absolute atomic E-state index is 0.00373. The van der Waals surface area contributed by atoms with Crippen molar-refractivity contribution in [1.82, 2.24) is 5.32 Å². The number of carbonyl (C=O) groups is 2. The highest BCUT2D eigenvalue weighted by Crippen LogP contribution is 2.37. The Morgan fingerprint density at radius 1 is 0.809 bits per heavy atom. The van der Waals surface area contributed by atoms with E-state index in [4.69, 9.17) is 29.1 Å². The van der Waals surface area contributed by atoms with E-state index in [0.29, 0.717) is 72.2 Å². The molecule has 10 heteroatoms. The van der Waals surface area contributed by atoms with Crippen LogP contribution in [-0.2, 0) is 52.4 Å². The van der Waals surface area contributed by atoms with Gasteiger partial charge in [0.15, 0.2) is 14.1 Å². The van der Waals surface area contributed by atoms with Crippen molar-refractivity contribution in [3.63, 3.8) is 0 Å². The van der Waals surface area contributed by atoms with Crippen molar-refractivity contribution in [3.05, 3.63) is 59.2 Å². The Balaban J connectivity index is 1.65. The Morgan fingerprint density at radius 3 is 2.11 bits per heavy atom. The van der Waals surface area contributed by atoms with Gasteiger partial charge in [-0.1, -0.05) is 70.2 Å². The van der Waals surface area contributed by atoms with Crippen LogP contribution < -0.4 is 11.1 Å². The van der Waals surface area contributed by atoms with E-state index >= 15 is 0 Å². The van der Waals surface area contributed by atoms with Gasteiger partial charge in [0.25, 0.3) is 0 Å². The number of aryl methyl sites for hydroxylation is 2. The third kappa shape index (κ3) is 16.5. The molecule has 0 fully saturated rings. The van der Waals surface area contributed by atoms with Gasteiger partial charge < -0.3 is 34.4 Å². The molecule has 0 atom stereocenters. The maximum atomic E-state index is 12.3. The number of carbonyl (C=O) groups excluding carboxylic acids is 2. The van der Waals surface area contributed by atoms with Gasteiger partial charge in [0.1, 0.15) is 13.2 Å². The van der Waals surface area contributed by atoms with Crippen molar-refractivity contribution in [2.75, 3.05) is 65.9 Å². The van der Waals surface area contributed by atoms with Crippen LogP contribution in [0.4, 0.5) is 0 Å².